The molecule has 7 heteroatoms. The molecule has 0 bridgehead atoms. The summed E-state index contributed by atoms with van der Waals surface area (Å²) in [4.78, 5) is 0. The van der Waals surface area contributed by atoms with Gasteiger partial charge in [-0.3, -0.25) is 0 Å². The second-order valence-corrected chi connectivity index (χ2v) is 5.83. The standard InChI is InChI=1S/C18H21BFNO4/c20-14-7-8-15(18-17(14)16(11-21)25-19(18)22)24-10-4-9-23-12-13-5-2-1-3-6-13/h1-3,5-8,16,22H,4,9-12,21H2. The van der Waals surface area contributed by atoms with Gasteiger partial charge in [-0.25, -0.2) is 4.39 Å². The second kappa shape index (κ2) is 8.44. The first kappa shape index (κ1) is 17.9. The summed E-state index contributed by atoms with van der Waals surface area (Å²) in [6, 6.07) is 12.7. The third-order valence-corrected chi connectivity index (χ3v) is 4.07. The molecule has 1 aliphatic heterocycles. The highest BCUT2D eigenvalue weighted by molar-refractivity contribution is 6.62. The number of halogens is 1. The van der Waals surface area contributed by atoms with Gasteiger partial charge in [-0.15, -0.1) is 0 Å². The number of fused-ring (bicyclic) bond motifs is 1. The molecule has 1 unspecified atom stereocenters. The summed E-state index contributed by atoms with van der Waals surface area (Å²) in [5.74, 6) is -0.0246. The van der Waals surface area contributed by atoms with Gasteiger partial charge in [-0.1, -0.05) is 30.3 Å². The molecule has 25 heavy (non-hydrogen) atoms. The fourth-order valence-electron chi connectivity index (χ4n) is 2.87. The summed E-state index contributed by atoms with van der Waals surface area (Å²) in [7, 11) is -1.22. The number of ether oxygens (including phenoxy) is 2. The lowest BCUT2D eigenvalue weighted by Crippen LogP contribution is -2.30. The minimum Gasteiger partial charge on any atom is -0.494 e. The molecule has 2 aromatic rings. The molecule has 0 aliphatic carbocycles. The predicted molar refractivity (Wildman–Crippen MR) is 93.1 cm³/mol. The van der Waals surface area contributed by atoms with Crippen molar-refractivity contribution in [3.8, 4) is 5.75 Å². The van der Waals surface area contributed by atoms with Crippen LogP contribution in [0.2, 0.25) is 0 Å². The van der Waals surface area contributed by atoms with Crippen molar-refractivity contribution in [2.45, 2.75) is 19.1 Å². The second-order valence-electron chi connectivity index (χ2n) is 5.83. The lowest BCUT2D eigenvalue weighted by Gasteiger charge is -2.12. The van der Waals surface area contributed by atoms with E-state index < -0.39 is 19.0 Å². The molecular weight excluding hydrogens is 324 g/mol. The lowest BCUT2D eigenvalue weighted by atomic mass is 9.78. The Labute approximate surface area is 146 Å². The Bertz CT molecular complexity index is 701. The van der Waals surface area contributed by atoms with Crippen LogP contribution in [-0.2, 0) is 16.0 Å². The largest absolute Gasteiger partial charge is 0.495 e. The average Bonchev–Trinajstić information content (AvgIpc) is 2.98. The molecule has 5 nitrogen and oxygen atoms in total. The summed E-state index contributed by atoms with van der Waals surface area (Å²) < 4.78 is 30.6. The minimum atomic E-state index is -1.22. The number of benzene rings is 2. The third-order valence-electron chi connectivity index (χ3n) is 4.07. The molecule has 0 saturated carbocycles. The Morgan fingerprint density at radius 2 is 1.96 bits per heavy atom. The molecule has 0 fully saturated rings. The normalized spacial score (nSPS) is 16.1. The van der Waals surface area contributed by atoms with Crippen LogP contribution in [0.1, 0.15) is 23.7 Å². The van der Waals surface area contributed by atoms with Crippen molar-refractivity contribution in [1.82, 2.24) is 0 Å². The summed E-state index contributed by atoms with van der Waals surface area (Å²) >= 11 is 0. The van der Waals surface area contributed by atoms with Crippen molar-refractivity contribution in [2.75, 3.05) is 19.8 Å². The van der Waals surface area contributed by atoms with E-state index >= 15 is 0 Å². The number of nitrogens with two attached hydrogens (primary N) is 1. The quantitative estimate of drug-likeness (QED) is 0.561. The Morgan fingerprint density at radius 3 is 2.72 bits per heavy atom. The molecule has 0 spiro atoms. The fraction of sp³-hybridized carbons (Fsp3) is 0.333. The Morgan fingerprint density at radius 1 is 1.16 bits per heavy atom. The summed E-state index contributed by atoms with van der Waals surface area (Å²) in [5, 5.41) is 10.0. The van der Waals surface area contributed by atoms with Gasteiger partial charge in [0.25, 0.3) is 0 Å². The van der Waals surface area contributed by atoms with Gasteiger partial charge in [0.15, 0.2) is 0 Å². The van der Waals surface area contributed by atoms with E-state index in [2.05, 4.69) is 0 Å². The maximum absolute atomic E-state index is 14.0. The average molecular weight is 345 g/mol. The topological polar surface area (TPSA) is 73.9 Å². The molecule has 0 amide bonds. The van der Waals surface area contributed by atoms with E-state index in [0.29, 0.717) is 37.5 Å². The zero-order chi connectivity index (χ0) is 17.6. The molecule has 132 valence electrons. The Hall–Kier alpha value is -1.93. The van der Waals surface area contributed by atoms with Crippen LogP contribution >= 0.6 is 0 Å². The molecule has 3 N–H and O–H groups in total. The highest BCUT2D eigenvalue weighted by Gasteiger charge is 2.39. The first-order chi connectivity index (χ1) is 12.2. The molecular formula is C18H21BFNO4. The summed E-state index contributed by atoms with van der Waals surface area (Å²) in [5.41, 5.74) is 7.31. The summed E-state index contributed by atoms with van der Waals surface area (Å²) in [6.45, 7) is 1.59. The van der Waals surface area contributed by atoms with Crippen molar-refractivity contribution >= 4 is 12.6 Å². The van der Waals surface area contributed by atoms with Gasteiger partial charge in [0, 0.05) is 24.0 Å². The van der Waals surface area contributed by atoms with E-state index in [-0.39, 0.29) is 12.1 Å². The van der Waals surface area contributed by atoms with Crippen LogP contribution in [0.5, 0.6) is 5.75 Å². The maximum Gasteiger partial charge on any atom is 0.495 e. The molecule has 0 radical (unpaired) electrons. The van der Waals surface area contributed by atoms with Gasteiger partial charge < -0.3 is 24.9 Å². The minimum absolute atomic E-state index is 0.0950. The Kier molecular flexibility index (Phi) is 6.04. The van der Waals surface area contributed by atoms with Crippen molar-refractivity contribution in [3.63, 3.8) is 0 Å². The zero-order valence-corrected chi connectivity index (χ0v) is 13.9. The fourth-order valence-corrected chi connectivity index (χ4v) is 2.87. The van der Waals surface area contributed by atoms with Gasteiger partial charge in [0.05, 0.1) is 25.9 Å². The predicted octanol–water partition coefficient (Wildman–Crippen LogP) is 1.53. The lowest BCUT2D eigenvalue weighted by molar-refractivity contribution is 0.107. The van der Waals surface area contributed by atoms with Gasteiger partial charge >= 0.3 is 7.12 Å². The molecule has 0 aromatic heterocycles. The monoisotopic (exact) mass is 345 g/mol. The van der Waals surface area contributed by atoms with Crippen molar-refractivity contribution < 1.29 is 23.5 Å². The van der Waals surface area contributed by atoms with Crippen LogP contribution in [0.25, 0.3) is 0 Å². The van der Waals surface area contributed by atoms with Crippen LogP contribution in [0.3, 0.4) is 0 Å². The maximum atomic E-state index is 14.0. The highest BCUT2D eigenvalue weighted by atomic mass is 19.1. The number of hydrogen-bond donors (Lipinski definition) is 2. The molecule has 3 rings (SSSR count). The molecule has 2 aromatic carbocycles. The van der Waals surface area contributed by atoms with E-state index in [4.69, 9.17) is 19.9 Å². The third kappa shape index (κ3) is 4.19. The van der Waals surface area contributed by atoms with Crippen molar-refractivity contribution in [2.24, 2.45) is 5.73 Å². The SMILES string of the molecule is NCC1OB(O)c2c(OCCCOCc3ccccc3)ccc(F)c21. The van der Waals surface area contributed by atoms with E-state index in [1.165, 1.54) is 12.1 Å². The number of rotatable bonds is 8. The van der Waals surface area contributed by atoms with Gasteiger partial charge in [0.2, 0.25) is 0 Å². The van der Waals surface area contributed by atoms with Gasteiger partial charge in [-0.05, 0) is 17.7 Å². The highest BCUT2D eigenvalue weighted by Crippen LogP contribution is 2.29. The zero-order valence-electron chi connectivity index (χ0n) is 13.9. The van der Waals surface area contributed by atoms with Gasteiger partial charge in [0.1, 0.15) is 11.6 Å². The smallest absolute Gasteiger partial charge is 0.494 e. The van der Waals surface area contributed by atoms with Crippen LogP contribution in [0, 0.1) is 5.82 Å². The van der Waals surface area contributed by atoms with Crippen LogP contribution in [0.4, 0.5) is 4.39 Å². The summed E-state index contributed by atoms with van der Waals surface area (Å²) in [6.07, 6.45) is 0.0266. The van der Waals surface area contributed by atoms with E-state index in [1.807, 2.05) is 30.3 Å². The van der Waals surface area contributed by atoms with Crippen molar-refractivity contribution in [3.05, 3.63) is 59.4 Å². The van der Waals surface area contributed by atoms with E-state index in [0.717, 1.165) is 5.56 Å². The van der Waals surface area contributed by atoms with Crippen molar-refractivity contribution in [1.29, 1.82) is 0 Å². The Balaban J connectivity index is 1.50. The first-order valence-corrected chi connectivity index (χ1v) is 8.31. The van der Waals surface area contributed by atoms with E-state index in [9.17, 15) is 9.41 Å². The molecule has 1 heterocycles. The molecule has 1 atom stereocenters. The van der Waals surface area contributed by atoms with Crippen LogP contribution in [-0.4, -0.2) is 31.9 Å². The van der Waals surface area contributed by atoms with Gasteiger partial charge in [-0.2, -0.15) is 0 Å². The van der Waals surface area contributed by atoms with Crippen LogP contribution < -0.4 is 15.9 Å². The molecule has 0 saturated heterocycles. The first-order valence-electron chi connectivity index (χ1n) is 8.31. The number of hydrogen-bond acceptors (Lipinski definition) is 5. The van der Waals surface area contributed by atoms with E-state index in [1.54, 1.807) is 0 Å². The molecule has 1 aliphatic rings. The van der Waals surface area contributed by atoms with Crippen LogP contribution in [0.15, 0.2) is 42.5 Å².